The summed E-state index contributed by atoms with van der Waals surface area (Å²) in [7, 11) is 1.70. The number of aromatic nitrogens is 1. The van der Waals surface area contributed by atoms with E-state index in [1.54, 1.807) is 11.9 Å². The van der Waals surface area contributed by atoms with Crippen LogP contribution in [0.25, 0.3) is 11.1 Å². The highest BCUT2D eigenvalue weighted by Gasteiger charge is 2.29. The Kier molecular flexibility index (Phi) is 5.59. The largest absolute Gasteiger partial charge is 0.423 e. The maximum Gasteiger partial charge on any atom is 0.298 e. The lowest BCUT2D eigenvalue weighted by molar-refractivity contribution is -0.384. The molecule has 0 radical (unpaired) electrons. The molecule has 4 rings (SSSR count). The number of fused-ring (bicyclic) bond motifs is 1. The van der Waals surface area contributed by atoms with Crippen molar-refractivity contribution in [1.82, 2.24) is 9.88 Å². The Balaban J connectivity index is 1.38. The first-order valence-corrected chi connectivity index (χ1v) is 10.1. The number of nitro benzene ring substituents is 1. The third kappa shape index (κ3) is 4.09. The minimum atomic E-state index is -0.469. The summed E-state index contributed by atoms with van der Waals surface area (Å²) in [5.74, 6) is -0.108. The Morgan fingerprint density at radius 3 is 2.73 bits per heavy atom. The van der Waals surface area contributed by atoms with E-state index in [-0.39, 0.29) is 24.1 Å². The van der Waals surface area contributed by atoms with Crippen molar-refractivity contribution in [3.05, 3.63) is 63.2 Å². The summed E-state index contributed by atoms with van der Waals surface area (Å²) in [6.45, 7) is 1.58. The van der Waals surface area contributed by atoms with E-state index < -0.39 is 4.92 Å². The summed E-state index contributed by atoms with van der Waals surface area (Å²) in [6.07, 6.45) is 1.37. The molecule has 1 aromatic heterocycles. The molecule has 0 unspecified atom stereocenters. The number of non-ortho nitro benzene ring substituents is 1. The molecule has 3 aromatic rings. The first-order chi connectivity index (χ1) is 14.4. The zero-order valence-electron chi connectivity index (χ0n) is 16.5. The molecule has 1 amide bonds. The van der Waals surface area contributed by atoms with E-state index in [1.807, 2.05) is 24.3 Å². The first-order valence-electron chi connectivity index (χ1n) is 9.70. The number of nitro groups is 1. The van der Waals surface area contributed by atoms with Crippen molar-refractivity contribution in [1.29, 1.82) is 0 Å². The molecule has 8 nitrogen and oxygen atoms in total. The van der Waals surface area contributed by atoms with Crippen LogP contribution >= 0.6 is 11.6 Å². The number of anilines is 1. The van der Waals surface area contributed by atoms with Crippen molar-refractivity contribution in [3.8, 4) is 0 Å². The van der Waals surface area contributed by atoms with Crippen molar-refractivity contribution >= 4 is 40.3 Å². The molecular weight excluding hydrogens is 408 g/mol. The number of hydrogen-bond acceptors (Lipinski definition) is 6. The molecule has 1 fully saturated rings. The van der Waals surface area contributed by atoms with Gasteiger partial charge in [0.25, 0.3) is 11.7 Å². The number of piperidine rings is 1. The predicted octanol–water partition coefficient (Wildman–Crippen LogP) is 4.26. The molecule has 1 aliphatic rings. The van der Waals surface area contributed by atoms with Gasteiger partial charge < -0.3 is 14.2 Å². The predicted molar refractivity (Wildman–Crippen MR) is 114 cm³/mol. The molecule has 0 aliphatic carbocycles. The minimum absolute atomic E-state index is 0.00906. The molecule has 0 bridgehead atoms. The number of nitrogens with zero attached hydrogens (tertiary/aromatic N) is 4. The molecule has 156 valence electrons. The normalized spacial score (nSPS) is 14.8. The number of carbonyl (C=O) groups excluding carboxylic acids is 1. The Morgan fingerprint density at radius 1 is 1.30 bits per heavy atom. The molecule has 0 saturated carbocycles. The van der Waals surface area contributed by atoms with Gasteiger partial charge >= 0.3 is 0 Å². The van der Waals surface area contributed by atoms with Gasteiger partial charge in [0.1, 0.15) is 5.52 Å². The first kappa shape index (κ1) is 20.2. The fourth-order valence-electron chi connectivity index (χ4n) is 3.75. The van der Waals surface area contributed by atoms with Crippen molar-refractivity contribution in [3.63, 3.8) is 0 Å². The molecule has 2 aromatic carbocycles. The second-order valence-electron chi connectivity index (χ2n) is 7.45. The van der Waals surface area contributed by atoms with Gasteiger partial charge in [-0.05, 0) is 36.6 Å². The van der Waals surface area contributed by atoms with Crippen LogP contribution in [-0.4, -0.2) is 40.9 Å². The van der Waals surface area contributed by atoms with Crippen LogP contribution in [0, 0.1) is 16.0 Å². The Morgan fingerprint density at radius 2 is 2.03 bits per heavy atom. The zero-order valence-corrected chi connectivity index (χ0v) is 17.2. The van der Waals surface area contributed by atoms with Crippen LogP contribution in [0.15, 0.2) is 46.9 Å². The SMILES string of the molecule is CN(Cc1cc([N+](=O)[O-])ccc1Cl)C(=O)C1CCN(c2nc3ccccc3o2)CC1. The lowest BCUT2D eigenvalue weighted by Crippen LogP contribution is -2.41. The summed E-state index contributed by atoms with van der Waals surface area (Å²) in [5.41, 5.74) is 2.09. The summed E-state index contributed by atoms with van der Waals surface area (Å²) in [5, 5.41) is 11.4. The maximum absolute atomic E-state index is 12.9. The Bertz CT molecular complexity index is 1060. The van der Waals surface area contributed by atoms with Gasteiger partial charge in [-0.3, -0.25) is 14.9 Å². The van der Waals surface area contributed by atoms with E-state index in [9.17, 15) is 14.9 Å². The second kappa shape index (κ2) is 8.31. The number of benzene rings is 2. The third-order valence-corrected chi connectivity index (χ3v) is 5.79. The van der Waals surface area contributed by atoms with Crippen LogP contribution in [-0.2, 0) is 11.3 Å². The summed E-state index contributed by atoms with van der Waals surface area (Å²) < 4.78 is 5.82. The highest BCUT2D eigenvalue weighted by Crippen LogP contribution is 2.28. The number of oxazole rings is 1. The number of hydrogen-bond donors (Lipinski definition) is 0. The van der Waals surface area contributed by atoms with Gasteiger partial charge in [0, 0.05) is 49.8 Å². The fraction of sp³-hybridized carbons (Fsp3) is 0.333. The Hall–Kier alpha value is -3.13. The number of halogens is 1. The lowest BCUT2D eigenvalue weighted by Gasteiger charge is -2.32. The van der Waals surface area contributed by atoms with Crippen LogP contribution in [0.3, 0.4) is 0 Å². The summed E-state index contributed by atoms with van der Waals surface area (Å²) in [6, 6.07) is 12.5. The molecule has 0 N–H and O–H groups in total. The van der Waals surface area contributed by atoms with E-state index in [1.165, 1.54) is 18.2 Å². The molecule has 1 aliphatic heterocycles. The van der Waals surface area contributed by atoms with E-state index >= 15 is 0 Å². The highest BCUT2D eigenvalue weighted by molar-refractivity contribution is 6.31. The van der Waals surface area contributed by atoms with E-state index in [0.29, 0.717) is 42.5 Å². The van der Waals surface area contributed by atoms with Crippen LogP contribution < -0.4 is 4.90 Å². The monoisotopic (exact) mass is 428 g/mol. The van der Waals surface area contributed by atoms with Gasteiger partial charge in [0.2, 0.25) is 5.91 Å². The fourth-order valence-corrected chi connectivity index (χ4v) is 3.93. The lowest BCUT2D eigenvalue weighted by atomic mass is 9.95. The zero-order chi connectivity index (χ0) is 21.3. The topological polar surface area (TPSA) is 92.7 Å². The maximum atomic E-state index is 12.9. The smallest absolute Gasteiger partial charge is 0.298 e. The molecule has 30 heavy (non-hydrogen) atoms. The van der Waals surface area contributed by atoms with E-state index in [0.717, 1.165) is 11.1 Å². The van der Waals surface area contributed by atoms with Crippen LogP contribution in [0.1, 0.15) is 18.4 Å². The van der Waals surface area contributed by atoms with Gasteiger partial charge in [0.05, 0.1) is 4.92 Å². The number of rotatable bonds is 5. The molecule has 2 heterocycles. The van der Waals surface area contributed by atoms with Crippen molar-refractivity contribution in [2.24, 2.45) is 5.92 Å². The quantitative estimate of drug-likeness (QED) is 0.445. The summed E-state index contributed by atoms with van der Waals surface area (Å²) >= 11 is 6.17. The molecular formula is C21H21ClN4O4. The molecule has 0 atom stereocenters. The van der Waals surface area contributed by atoms with E-state index in [4.69, 9.17) is 16.0 Å². The van der Waals surface area contributed by atoms with Crippen molar-refractivity contribution in [2.45, 2.75) is 19.4 Å². The van der Waals surface area contributed by atoms with Crippen LogP contribution in [0.2, 0.25) is 5.02 Å². The van der Waals surface area contributed by atoms with Gasteiger partial charge in [-0.2, -0.15) is 4.98 Å². The highest BCUT2D eigenvalue weighted by atomic mass is 35.5. The van der Waals surface area contributed by atoms with Crippen molar-refractivity contribution in [2.75, 3.05) is 25.0 Å². The summed E-state index contributed by atoms with van der Waals surface area (Å²) in [4.78, 5) is 31.6. The number of carbonyl (C=O) groups is 1. The van der Waals surface area contributed by atoms with Crippen molar-refractivity contribution < 1.29 is 14.1 Å². The number of amides is 1. The second-order valence-corrected chi connectivity index (χ2v) is 7.86. The average Bonchev–Trinajstić information content (AvgIpc) is 3.19. The van der Waals surface area contributed by atoms with Crippen LogP contribution in [0.5, 0.6) is 0 Å². The molecule has 9 heteroatoms. The average molecular weight is 429 g/mol. The number of para-hydroxylation sites is 2. The molecule has 1 saturated heterocycles. The van der Waals surface area contributed by atoms with Gasteiger partial charge in [0.15, 0.2) is 5.58 Å². The van der Waals surface area contributed by atoms with Crippen LogP contribution in [0.4, 0.5) is 11.7 Å². The Labute approximate surface area is 178 Å². The van der Waals surface area contributed by atoms with Gasteiger partial charge in [-0.1, -0.05) is 23.7 Å². The van der Waals surface area contributed by atoms with E-state index in [2.05, 4.69) is 9.88 Å². The minimum Gasteiger partial charge on any atom is -0.423 e. The molecule has 0 spiro atoms. The van der Waals surface area contributed by atoms with Gasteiger partial charge in [-0.25, -0.2) is 0 Å². The third-order valence-electron chi connectivity index (χ3n) is 5.42. The standard InChI is InChI=1S/C21H21ClN4O4/c1-24(13-15-12-16(26(28)29)6-7-17(15)22)20(27)14-8-10-25(11-9-14)21-23-18-4-2-3-5-19(18)30-21/h2-7,12,14H,8-11,13H2,1H3. The van der Waals surface area contributed by atoms with Gasteiger partial charge in [-0.15, -0.1) is 0 Å².